The molecule has 0 unspecified atom stereocenters. The summed E-state index contributed by atoms with van der Waals surface area (Å²) < 4.78 is 11.3. The number of hydrogen-bond donors (Lipinski definition) is 1. The quantitative estimate of drug-likeness (QED) is 0.853. The molecule has 0 saturated heterocycles. The number of nitrogens with one attached hydrogen (secondary N) is 1. The Bertz CT molecular complexity index is 347. The standard InChI is InChI=1S/C14H23NO2/c1-14(2,3)15-9-13-11(7-8-16-13)10-17-12-5-4-6-12/h7-8,12,15H,4-6,9-10H2,1-3H3. The molecule has 0 aromatic carbocycles. The highest BCUT2D eigenvalue weighted by Crippen LogP contribution is 2.24. The van der Waals surface area contributed by atoms with E-state index in [0.717, 1.165) is 12.3 Å². The maximum absolute atomic E-state index is 5.81. The van der Waals surface area contributed by atoms with Crippen molar-refractivity contribution in [3.63, 3.8) is 0 Å². The minimum absolute atomic E-state index is 0.110. The Balaban J connectivity index is 1.82. The molecule has 96 valence electrons. The van der Waals surface area contributed by atoms with Gasteiger partial charge in [0.1, 0.15) is 5.76 Å². The zero-order valence-electron chi connectivity index (χ0n) is 11.1. The molecule has 0 radical (unpaired) electrons. The zero-order chi connectivity index (χ0) is 12.3. The smallest absolute Gasteiger partial charge is 0.123 e. The molecule has 0 spiro atoms. The number of ether oxygens (including phenoxy) is 1. The highest BCUT2D eigenvalue weighted by Gasteiger charge is 2.19. The first-order chi connectivity index (χ1) is 8.04. The fourth-order valence-corrected chi connectivity index (χ4v) is 1.74. The van der Waals surface area contributed by atoms with Gasteiger partial charge < -0.3 is 14.5 Å². The summed E-state index contributed by atoms with van der Waals surface area (Å²) in [6.07, 6.45) is 5.97. The van der Waals surface area contributed by atoms with Crippen LogP contribution in [0.3, 0.4) is 0 Å². The van der Waals surface area contributed by atoms with E-state index in [9.17, 15) is 0 Å². The first kappa shape index (κ1) is 12.7. The first-order valence-electron chi connectivity index (χ1n) is 6.46. The van der Waals surface area contributed by atoms with Crippen LogP contribution >= 0.6 is 0 Å². The van der Waals surface area contributed by atoms with Crippen molar-refractivity contribution in [2.45, 2.75) is 64.8 Å². The van der Waals surface area contributed by atoms with E-state index in [0.29, 0.717) is 12.7 Å². The lowest BCUT2D eigenvalue weighted by atomic mass is 9.96. The number of hydrogen-bond acceptors (Lipinski definition) is 3. The predicted molar refractivity (Wildman–Crippen MR) is 67.7 cm³/mol. The van der Waals surface area contributed by atoms with Crippen LogP contribution in [0.15, 0.2) is 16.7 Å². The van der Waals surface area contributed by atoms with E-state index in [1.54, 1.807) is 6.26 Å². The topological polar surface area (TPSA) is 34.4 Å². The van der Waals surface area contributed by atoms with Crippen LogP contribution in [0, 0.1) is 0 Å². The summed E-state index contributed by atoms with van der Waals surface area (Å²) in [6, 6.07) is 2.01. The van der Waals surface area contributed by atoms with E-state index in [4.69, 9.17) is 9.15 Å². The van der Waals surface area contributed by atoms with Crippen molar-refractivity contribution >= 4 is 0 Å². The molecule has 0 aliphatic heterocycles. The van der Waals surface area contributed by atoms with Gasteiger partial charge in [-0.05, 0) is 46.1 Å². The third kappa shape index (κ3) is 3.86. The Morgan fingerprint density at radius 3 is 2.76 bits per heavy atom. The van der Waals surface area contributed by atoms with Crippen LogP contribution in [0.2, 0.25) is 0 Å². The summed E-state index contributed by atoms with van der Waals surface area (Å²) in [5, 5.41) is 3.43. The minimum atomic E-state index is 0.110. The molecule has 1 aliphatic carbocycles. The Kier molecular flexibility index (Phi) is 3.89. The maximum Gasteiger partial charge on any atom is 0.123 e. The molecule has 3 nitrogen and oxygen atoms in total. The summed E-state index contributed by atoms with van der Waals surface area (Å²) in [6.45, 7) is 7.91. The molecule has 1 heterocycles. The monoisotopic (exact) mass is 237 g/mol. The summed E-state index contributed by atoms with van der Waals surface area (Å²) in [5.41, 5.74) is 1.28. The molecule has 0 bridgehead atoms. The number of furan rings is 1. The van der Waals surface area contributed by atoms with Crippen molar-refractivity contribution in [3.8, 4) is 0 Å². The van der Waals surface area contributed by atoms with E-state index in [-0.39, 0.29) is 5.54 Å². The Morgan fingerprint density at radius 2 is 2.18 bits per heavy atom. The molecule has 1 aromatic heterocycles. The van der Waals surface area contributed by atoms with Crippen LogP contribution in [0.25, 0.3) is 0 Å². The van der Waals surface area contributed by atoms with Gasteiger partial charge in [0.2, 0.25) is 0 Å². The molecule has 2 rings (SSSR count). The van der Waals surface area contributed by atoms with Crippen molar-refractivity contribution in [2.24, 2.45) is 0 Å². The molecular weight excluding hydrogens is 214 g/mol. The van der Waals surface area contributed by atoms with Crippen molar-refractivity contribution < 1.29 is 9.15 Å². The fourth-order valence-electron chi connectivity index (χ4n) is 1.74. The van der Waals surface area contributed by atoms with Crippen molar-refractivity contribution in [3.05, 3.63) is 23.7 Å². The minimum Gasteiger partial charge on any atom is -0.468 e. The second kappa shape index (κ2) is 5.23. The van der Waals surface area contributed by atoms with E-state index < -0.39 is 0 Å². The van der Waals surface area contributed by atoms with Crippen LogP contribution in [0.5, 0.6) is 0 Å². The molecular formula is C14H23NO2. The third-order valence-electron chi connectivity index (χ3n) is 3.14. The molecule has 1 saturated carbocycles. The van der Waals surface area contributed by atoms with E-state index >= 15 is 0 Å². The highest BCUT2D eigenvalue weighted by atomic mass is 16.5. The van der Waals surface area contributed by atoms with Gasteiger partial charge in [-0.15, -0.1) is 0 Å². The molecule has 0 atom stereocenters. The molecule has 1 aromatic rings. The molecule has 1 N–H and O–H groups in total. The van der Waals surface area contributed by atoms with E-state index in [1.165, 1.54) is 24.8 Å². The SMILES string of the molecule is CC(C)(C)NCc1occc1COC1CCC1. The van der Waals surface area contributed by atoms with Crippen molar-refractivity contribution in [2.75, 3.05) is 0 Å². The molecule has 17 heavy (non-hydrogen) atoms. The Hall–Kier alpha value is -0.800. The average Bonchev–Trinajstić information content (AvgIpc) is 2.59. The van der Waals surface area contributed by atoms with Gasteiger partial charge in [0.15, 0.2) is 0 Å². The van der Waals surface area contributed by atoms with E-state index in [2.05, 4.69) is 26.1 Å². The fraction of sp³-hybridized carbons (Fsp3) is 0.714. The Morgan fingerprint density at radius 1 is 1.41 bits per heavy atom. The third-order valence-corrected chi connectivity index (χ3v) is 3.14. The van der Waals surface area contributed by atoms with Gasteiger partial charge in [0.25, 0.3) is 0 Å². The molecule has 0 amide bonds. The van der Waals surface area contributed by atoms with Crippen LogP contribution in [-0.4, -0.2) is 11.6 Å². The summed E-state index contributed by atoms with van der Waals surface area (Å²) in [4.78, 5) is 0. The van der Waals surface area contributed by atoms with Gasteiger partial charge >= 0.3 is 0 Å². The summed E-state index contributed by atoms with van der Waals surface area (Å²) in [7, 11) is 0. The largest absolute Gasteiger partial charge is 0.468 e. The lowest BCUT2D eigenvalue weighted by Gasteiger charge is -2.25. The van der Waals surface area contributed by atoms with Gasteiger partial charge in [-0.2, -0.15) is 0 Å². The molecule has 1 fully saturated rings. The van der Waals surface area contributed by atoms with Crippen LogP contribution < -0.4 is 5.32 Å². The van der Waals surface area contributed by atoms with Crippen molar-refractivity contribution in [1.82, 2.24) is 5.32 Å². The molecule has 1 aliphatic rings. The molecule has 3 heteroatoms. The normalized spacial score (nSPS) is 17.1. The lowest BCUT2D eigenvalue weighted by Crippen LogP contribution is -2.35. The first-order valence-corrected chi connectivity index (χ1v) is 6.46. The van der Waals surface area contributed by atoms with Crippen molar-refractivity contribution in [1.29, 1.82) is 0 Å². The van der Waals surface area contributed by atoms with Crippen LogP contribution in [0.1, 0.15) is 51.4 Å². The lowest BCUT2D eigenvalue weighted by molar-refractivity contribution is -0.00926. The summed E-state index contributed by atoms with van der Waals surface area (Å²) in [5.74, 6) is 0.999. The predicted octanol–water partition coefficient (Wildman–Crippen LogP) is 3.24. The van der Waals surface area contributed by atoms with Gasteiger partial charge in [0.05, 0.1) is 25.5 Å². The second-order valence-corrected chi connectivity index (χ2v) is 5.84. The van der Waals surface area contributed by atoms with Gasteiger partial charge in [-0.3, -0.25) is 0 Å². The highest BCUT2D eigenvalue weighted by molar-refractivity contribution is 5.16. The average molecular weight is 237 g/mol. The number of rotatable bonds is 5. The van der Waals surface area contributed by atoms with Crippen LogP contribution in [0.4, 0.5) is 0 Å². The zero-order valence-corrected chi connectivity index (χ0v) is 11.1. The van der Waals surface area contributed by atoms with E-state index in [1.807, 2.05) is 6.07 Å². The second-order valence-electron chi connectivity index (χ2n) is 5.84. The van der Waals surface area contributed by atoms with Crippen LogP contribution in [-0.2, 0) is 17.9 Å². The maximum atomic E-state index is 5.81. The Labute approximate surface area is 104 Å². The summed E-state index contributed by atoms with van der Waals surface area (Å²) >= 11 is 0. The van der Waals surface area contributed by atoms with Gasteiger partial charge in [-0.25, -0.2) is 0 Å². The van der Waals surface area contributed by atoms with Gasteiger partial charge in [-0.1, -0.05) is 0 Å². The van der Waals surface area contributed by atoms with Gasteiger partial charge in [0, 0.05) is 11.1 Å².